The molecule has 7 heteroatoms. The highest BCUT2D eigenvalue weighted by Crippen LogP contribution is 2.24. The van der Waals surface area contributed by atoms with Crippen molar-refractivity contribution < 1.29 is 13.9 Å². The Labute approximate surface area is 161 Å². The van der Waals surface area contributed by atoms with Crippen molar-refractivity contribution >= 4 is 17.5 Å². The van der Waals surface area contributed by atoms with E-state index in [0.717, 1.165) is 23.0 Å². The van der Waals surface area contributed by atoms with Gasteiger partial charge in [0.15, 0.2) is 22.5 Å². The number of hydrogen-bond donors (Lipinski definition) is 0. The lowest BCUT2D eigenvalue weighted by atomic mass is 10.3. The lowest BCUT2D eigenvalue weighted by Crippen LogP contribution is -2.07. The first-order valence-electron chi connectivity index (χ1n) is 8.64. The van der Waals surface area contributed by atoms with E-state index in [0.29, 0.717) is 12.2 Å². The summed E-state index contributed by atoms with van der Waals surface area (Å²) in [6.07, 6.45) is 1.33. The van der Waals surface area contributed by atoms with E-state index in [2.05, 4.69) is 10.2 Å². The van der Waals surface area contributed by atoms with Crippen molar-refractivity contribution in [2.24, 2.45) is 0 Å². The molecule has 3 aromatic rings. The van der Waals surface area contributed by atoms with Crippen LogP contribution in [0.5, 0.6) is 5.75 Å². The number of ether oxygens (including phenoxy) is 1. The fourth-order valence-electron chi connectivity index (χ4n) is 2.51. The maximum atomic E-state index is 13.8. The first kappa shape index (κ1) is 19.1. The van der Waals surface area contributed by atoms with Crippen LogP contribution in [0.1, 0.15) is 25.6 Å². The maximum absolute atomic E-state index is 13.8. The number of halogens is 1. The molecule has 27 heavy (non-hydrogen) atoms. The van der Waals surface area contributed by atoms with Crippen molar-refractivity contribution in [3.05, 3.63) is 66.2 Å². The molecule has 140 valence electrons. The summed E-state index contributed by atoms with van der Waals surface area (Å²) in [6, 6.07) is 16.0. The predicted octanol–water partition coefficient (Wildman–Crippen LogP) is 4.45. The monoisotopic (exact) mass is 385 g/mol. The number of para-hydroxylation sites is 2. The highest BCUT2D eigenvalue weighted by atomic mass is 32.2. The molecule has 0 spiro atoms. The van der Waals surface area contributed by atoms with Gasteiger partial charge in [-0.15, -0.1) is 10.2 Å². The lowest BCUT2D eigenvalue weighted by molar-refractivity contribution is -0.117. The standard InChI is InChI=1S/C20H20FN3O2S/c1-15(25)8-7-13-27-20-23-22-19(24(20)16-9-3-2-4-10-16)14-26-18-12-6-5-11-17(18)21/h2-6,9-12H,7-8,13-14H2,1H3. The zero-order valence-corrected chi connectivity index (χ0v) is 15.8. The van der Waals surface area contributed by atoms with E-state index in [-0.39, 0.29) is 18.1 Å². The normalized spacial score (nSPS) is 10.7. The molecule has 1 aromatic heterocycles. The van der Waals surface area contributed by atoms with Crippen LogP contribution in [0, 0.1) is 5.82 Å². The third-order valence-electron chi connectivity index (χ3n) is 3.81. The molecule has 0 bridgehead atoms. The van der Waals surface area contributed by atoms with Crippen LogP contribution in [-0.2, 0) is 11.4 Å². The second-order valence-corrected chi connectivity index (χ2v) is 7.00. The largest absolute Gasteiger partial charge is 0.483 e. The van der Waals surface area contributed by atoms with Crippen molar-refractivity contribution in [1.29, 1.82) is 0 Å². The number of carbonyl (C=O) groups is 1. The topological polar surface area (TPSA) is 57.0 Å². The third-order valence-corrected chi connectivity index (χ3v) is 4.83. The van der Waals surface area contributed by atoms with Crippen molar-refractivity contribution in [2.75, 3.05) is 5.75 Å². The molecule has 0 aliphatic rings. The van der Waals surface area contributed by atoms with Gasteiger partial charge in [0.1, 0.15) is 12.4 Å². The Hall–Kier alpha value is -2.67. The average Bonchev–Trinajstić information content (AvgIpc) is 3.08. The minimum Gasteiger partial charge on any atom is -0.483 e. The molecule has 0 radical (unpaired) electrons. The lowest BCUT2D eigenvalue weighted by Gasteiger charge is -2.11. The molecule has 0 unspecified atom stereocenters. The van der Waals surface area contributed by atoms with E-state index in [4.69, 9.17) is 4.74 Å². The first-order chi connectivity index (χ1) is 13.1. The van der Waals surface area contributed by atoms with E-state index < -0.39 is 5.82 Å². The van der Waals surface area contributed by atoms with Gasteiger partial charge in [0.25, 0.3) is 0 Å². The molecule has 1 heterocycles. The molecular weight excluding hydrogens is 365 g/mol. The minimum atomic E-state index is -0.415. The van der Waals surface area contributed by atoms with Gasteiger partial charge in [0, 0.05) is 17.9 Å². The van der Waals surface area contributed by atoms with Gasteiger partial charge in [-0.05, 0) is 37.6 Å². The van der Waals surface area contributed by atoms with Gasteiger partial charge in [-0.2, -0.15) is 0 Å². The Morgan fingerprint density at radius 2 is 1.85 bits per heavy atom. The fraction of sp³-hybridized carbons (Fsp3) is 0.250. The van der Waals surface area contributed by atoms with Crippen molar-refractivity contribution in [2.45, 2.75) is 31.5 Å². The summed E-state index contributed by atoms with van der Waals surface area (Å²) < 4.78 is 21.3. The van der Waals surface area contributed by atoms with Crippen LogP contribution < -0.4 is 4.74 Å². The van der Waals surface area contributed by atoms with Gasteiger partial charge in [-0.25, -0.2) is 4.39 Å². The molecule has 0 aliphatic heterocycles. The minimum absolute atomic E-state index is 0.0941. The second kappa shape index (κ2) is 9.32. The summed E-state index contributed by atoms with van der Waals surface area (Å²) in [5.74, 6) is 1.29. The molecule has 5 nitrogen and oxygen atoms in total. The molecule has 2 aromatic carbocycles. The van der Waals surface area contributed by atoms with E-state index in [1.54, 1.807) is 25.1 Å². The van der Waals surface area contributed by atoms with Crippen LogP contribution in [-0.4, -0.2) is 26.3 Å². The van der Waals surface area contributed by atoms with Crippen molar-refractivity contribution in [3.63, 3.8) is 0 Å². The van der Waals surface area contributed by atoms with Crippen LogP contribution in [0.4, 0.5) is 4.39 Å². The van der Waals surface area contributed by atoms with Crippen LogP contribution in [0.2, 0.25) is 0 Å². The number of benzene rings is 2. The zero-order valence-electron chi connectivity index (χ0n) is 15.0. The highest BCUT2D eigenvalue weighted by molar-refractivity contribution is 7.99. The summed E-state index contributed by atoms with van der Waals surface area (Å²) in [7, 11) is 0. The van der Waals surface area contributed by atoms with Crippen LogP contribution in [0.25, 0.3) is 5.69 Å². The number of nitrogens with zero attached hydrogens (tertiary/aromatic N) is 3. The summed E-state index contributed by atoms with van der Waals surface area (Å²) in [6.45, 7) is 1.69. The molecule has 0 atom stereocenters. The first-order valence-corrected chi connectivity index (χ1v) is 9.63. The molecular formula is C20H20FN3O2S. The molecule has 0 fully saturated rings. The number of hydrogen-bond acceptors (Lipinski definition) is 5. The third kappa shape index (κ3) is 5.17. The molecule has 0 saturated carbocycles. The van der Waals surface area contributed by atoms with Gasteiger partial charge in [-0.1, -0.05) is 42.1 Å². The number of aromatic nitrogens is 3. The molecule has 0 N–H and O–H groups in total. The Balaban J connectivity index is 1.79. The highest BCUT2D eigenvalue weighted by Gasteiger charge is 2.15. The Morgan fingerprint density at radius 1 is 1.11 bits per heavy atom. The quantitative estimate of drug-likeness (QED) is 0.402. The molecule has 0 saturated heterocycles. The van der Waals surface area contributed by atoms with Gasteiger partial charge < -0.3 is 9.53 Å². The summed E-state index contributed by atoms with van der Waals surface area (Å²) in [5, 5.41) is 9.21. The number of rotatable bonds is 9. The Morgan fingerprint density at radius 3 is 2.59 bits per heavy atom. The summed E-state index contributed by atoms with van der Waals surface area (Å²) in [5.41, 5.74) is 0.906. The predicted molar refractivity (Wildman–Crippen MR) is 103 cm³/mol. The summed E-state index contributed by atoms with van der Waals surface area (Å²) >= 11 is 1.54. The average molecular weight is 385 g/mol. The van der Waals surface area contributed by atoms with E-state index in [1.807, 2.05) is 34.9 Å². The smallest absolute Gasteiger partial charge is 0.195 e. The number of thioether (sulfide) groups is 1. The van der Waals surface area contributed by atoms with Gasteiger partial charge >= 0.3 is 0 Å². The Kier molecular flexibility index (Phi) is 6.59. The fourth-order valence-corrected chi connectivity index (χ4v) is 3.42. The number of Topliss-reactive ketones (excluding diaryl/α,β-unsaturated/α-hetero) is 1. The van der Waals surface area contributed by atoms with E-state index in [1.165, 1.54) is 17.8 Å². The SMILES string of the molecule is CC(=O)CCCSc1nnc(COc2ccccc2F)n1-c1ccccc1. The number of carbonyl (C=O) groups excluding carboxylic acids is 1. The van der Waals surface area contributed by atoms with E-state index in [9.17, 15) is 9.18 Å². The Bertz CT molecular complexity index is 899. The zero-order chi connectivity index (χ0) is 19.1. The van der Waals surface area contributed by atoms with Gasteiger partial charge in [0.2, 0.25) is 0 Å². The summed E-state index contributed by atoms with van der Waals surface area (Å²) in [4.78, 5) is 11.1. The van der Waals surface area contributed by atoms with Crippen LogP contribution in [0.3, 0.4) is 0 Å². The maximum Gasteiger partial charge on any atom is 0.195 e. The van der Waals surface area contributed by atoms with Crippen molar-refractivity contribution in [1.82, 2.24) is 14.8 Å². The van der Waals surface area contributed by atoms with Crippen LogP contribution in [0.15, 0.2) is 59.8 Å². The molecule has 0 amide bonds. The van der Waals surface area contributed by atoms with Gasteiger partial charge in [-0.3, -0.25) is 4.57 Å². The van der Waals surface area contributed by atoms with E-state index >= 15 is 0 Å². The number of ketones is 1. The molecule has 0 aliphatic carbocycles. The van der Waals surface area contributed by atoms with Crippen LogP contribution >= 0.6 is 11.8 Å². The van der Waals surface area contributed by atoms with Crippen molar-refractivity contribution in [3.8, 4) is 11.4 Å². The molecule has 3 rings (SSSR count). The van der Waals surface area contributed by atoms with Gasteiger partial charge in [0.05, 0.1) is 0 Å². The second-order valence-electron chi connectivity index (χ2n) is 5.94.